The molecule has 0 aliphatic carbocycles. The van der Waals surface area contributed by atoms with Crippen molar-refractivity contribution in [1.29, 1.82) is 0 Å². The van der Waals surface area contributed by atoms with Gasteiger partial charge in [0, 0.05) is 31.0 Å². The van der Waals surface area contributed by atoms with Crippen LogP contribution < -0.4 is 10.2 Å². The summed E-state index contributed by atoms with van der Waals surface area (Å²) in [6, 6.07) is 16.6. The molecule has 0 atom stereocenters. The number of benzene rings is 2. The zero-order valence-electron chi connectivity index (χ0n) is 18.1. The van der Waals surface area contributed by atoms with Gasteiger partial charge in [-0.1, -0.05) is 35.9 Å². The normalized spacial score (nSPS) is 13.6. The smallest absolute Gasteiger partial charge is 0.253 e. The van der Waals surface area contributed by atoms with Crippen LogP contribution in [0, 0.1) is 20.8 Å². The molecule has 156 valence electrons. The largest absolute Gasteiger partial charge is 0.371 e. The van der Waals surface area contributed by atoms with Crippen LogP contribution in [-0.2, 0) is 13.1 Å². The second kappa shape index (κ2) is 8.74. The number of anilines is 1. The van der Waals surface area contributed by atoms with Gasteiger partial charge in [0.25, 0.3) is 5.91 Å². The van der Waals surface area contributed by atoms with E-state index in [2.05, 4.69) is 58.6 Å². The number of carbonyl (C=O) groups excluding carboxylic acids is 1. The molecule has 4 rings (SSSR count). The van der Waals surface area contributed by atoms with E-state index in [1.807, 2.05) is 30.7 Å². The van der Waals surface area contributed by atoms with Crippen molar-refractivity contribution in [3.05, 3.63) is 82.2 Å². The Kier molecular flexibility index (Phi) is 5.88. The Labute approximate surface area is 178 Å². The highest BCUT2D eigenvalue weighted by molar-refractivity contribution is 6.00. The molecule has 1 amide bonds. The Bertz CT molecular complexity index is 1050. The number of hydrogen-bond donors (Lipinski definition) is 1. The molecule has 2 heterocycles. The van der Waals surface area contributed by atoms with Gasteiger partial charge in [0.05, 0.1) is 17.8 Å². The molecular weight excluding hydrogens is 372 g/mol. The maximum Gasteiger partial charge on any atom is 0.253 e. The highest BCUT2D eigenvalue weighted by Crippen LogP contribution is 2.26. The lowest BCUT2D eigenvalue weighted by Gasteiger charge is -2.21. The maximum atomic E-state index is 13.0. The fraction of sp³-hybridized carbons (Fsp3) is 0.360. The number of nitrogens with zero attached hydrogens (tertiary/aromatic N) is 3. The fourth-order valence-electron chi connectivity index (χ4n) is 4.19. The third-order valence-electron chi connectivity index (χ3n) is 5.72. The van der Waals surface area contributed by atoms with Gasteiger partial charge >= 0.3 is 0 Å². The number of aryl methyl sites for hydroxylation is 3. The van der Waals surface area contributed by atoms with E-state index in [1.54, 1.807) is 0 Å². The van der Waals surface area contributed by atoms with Crippen LogP contribution in [0.4, 0.5) is 5.69 Å². The van der Waals surface area contributed by atoms with E-state index in [-0.39, 0.29) is 5.91 Å². The van der Waals surface area contributed by atoms with Crippen LogP contribution in [0.5, 0.6) is 0 Å². The molecule has 0 bridgehead atoms. The molecule has 3 aromatic rings. The second-order valence-electron chi connectivity index (χ2n) is 8.30. The fourth-order valence-corrected chi connectivity index (χ4v) is 4.19. The van der Waals surface area contributed by atoms with Crippen molar-refractivity contribution in [3.8, 4) is 0 Å². The Morgan fingerprint density at radius 1 is 1.00 bits per heavy atom. The molecule has 0 radical (unpaired) electrons. The topological polar surface area (TPSA) is 50.2 Å². The van der Waals surface area contributed by atoms with E-state index < -0.39 is 0 Å². The van der Waals surface area contributed by atoms with Crippen molar-refractivity contribution in [2.75, 3.05) is 18.0 Å². The van der Waals surface area contributed by atoms with E-state index in [0.29, 0.717) is 6.54 Å². The van der Waals surface area contributed by atoms with E-state index in [0.717, 1.165) is 53.4 Å². The molecule has 1 aromatic heterocycles. The first-order valence-electron chi connectivity index (χ1n) is 10.7. The first-order valence-corrected chi connectivity index (χ1v) is 10.7. The number of hydrogen-bond acceptors (Lipinski definition) is 3. The minimum atomic E-state index is -0.00968. The third-order valence-corrected chi connectivity index (χ3v) is 5.72. The molecule has 1 aliphatic heterocycles. The molecule has 5 nitrogen and oxygen atoms in total. The van der Waals surface area contributed by atoms with Crippen LogP contribution in [0.2, 0.25) is 0 Å². The van der Waals surface area contributed by atoms with Gasteiger partial charge in [0.2, 0.25) is 0 Å². The summed E-state index contributed by atoms with van der Waals surface area (Å²) in [5.41, 5.74) is 7.39. The predicted octanol–water partition coefficient (Wildman–Crippen LogP) is 4.39. The van der Waals surface area contributed by atoms with Crippen LogP contribution >= 0.6 is 0 Å². The number of aromatic nitrogens is 2. The molecule has 1 aliphatic rings. The van der Waals surface area contributed by atoms with Gasteiger partial charge in [-0.25, -0.2) is 0 Å². The standard InChI is InChI=1S/C25H30N4O/c1-18-9-10-24(28-11-4-5-12-28)23(13-18)25(30)26-16-21-7-6-8-22(15-21)17-29-20(3)14-19(2)27-29/h6-10,13-15H,4-5,11-12,16-17H2,1-3H3,(H,26,30). The van der Waals surface area contributed by atoms with Gasteiger partial charge in [-0.05, 0) is 62.9 Å². The Hall–Kier alpha value is -3.08. The van der Waals surface area contributed by atoms with Gasteiger partial charge in [-0.15, -0.1) is 0 Å². The average Bonchev–Trinajstić information content (AvgIpc) is 3.36. The highest BCUT2D eigenvalue weighted by atomic mass is 16.1. The zero-order chi connectivity index (χ0) is 21.1. The Balaban J connectivity index is 1.45. The first-order chi connectivity index (χ1) is 14.5. The quantitative estimate of drug-likeness (QED) is 0.665. The van der Waals surface area contributed by atoms with Crippen molar-refractivity contribution < 1.29 is 4.79 Å². The maximum absolute atomic E-state index is 13.0. The van der Waals surface area contributed by atoms with Crippen molar-refractivity contribution in [2.24, 2.45) is 0 Å². The monoisotopic (exact) mass is 402 g/mol. The average molecular weight is 403 g/mol. The number of nitrogens with one attached hydrogen (secondary N) is 1. The van der Waals surface area contributed by atoms with Gasteiger partial charge < -0.3 is 10.2 Å². The minimum Gasteiger partial charge on any atom is -0.371 e. The highest BCUT2D eigenvalue weighted by Gasteiger charge is 2.19. The lowest BCUT2D eigenvalue weighted by Crippen LogP contribution is -2.27. The second-order valence-corrected chi connectivity index (χ2v) is 8.30. The van der Waals surface area contributed by atoms with Gasteiger partial charge in [-0.2, -0.15) is 5.10 Å². The van der Waals surface area contributed by atoms with Crippen LogP contribution in [0.25, 0.3) is 0 Å². The van der Waals surface area contributed by atoms with Crippen LogP contribution in [0.15, 0.2) is 48.5 Å². The van der Waals surface area contributed by atoms with Crippen molar-refractivity contribution in [1.82, 2.24) is 15.1 Å². The van der Waals surface area contributed by atoms with E-state index in [9.17, 15) is 4.79 Å². The van der Waals surface area contributed by atoms with Gasteiger partial charge in [0.1, 0.15) is 0 Å². The summed E-state index contributed by atoms with van der Waals surface area (Å²) in [5, 5.41) is 7.67. The summed E-state index contributed by atoms with van der Waals surface area (Å²) in [6.45, 7) is 9.42. The van der Waals surface area contributed by atoms with Crippen molar-refractivity contribution in [2.45, 2.75) is 46.7 Å². The van der Waals surface area contributed by atoms with E-state index in [1.165, 1.54) is 18.4 Å². The van der Waals surface area contributed by atoms with Crippen LogP contribution in [-0.4, -0.2) is 28.8 Å². The Morgan fingerprint density at radius 3 is 2.50 bits per heavy atom. The van der Waals surface area contributed by atoms with Crippen molar-refractivity contribution >= 4 is 11.6 Å². The summed E-state index contributed by atoms with van der Waals surface area (Å²) >= 11 is 0. The molecular formula is C25H30N4O. The van der Waals surface area contributed by atoms with E-state index in [4.69, 9.17) is 0 Å². The molecule has 5 heteroatoms. The molecule has 0 unspecified atom stereocenters. The molecule has 2 aromatic carbocycles. The third kappa shape index (κ3) is 4.56. The molecule has 30 heavy (non-hydrogen) atoms. The lowest BCUT2D eigenvalue weighted by molar-refractivity contribution is 0.0951. The van der Waals surface area contributed by atoms with Crippen molar-refractivity contribution in [3.63, 3.8) is 0 Å². The van der Waals surface area contributed by atoms with E-state index >= 15 is 0 Å². The number of carbonyl (C=O) groups is 1. The molecule has 1 N–H and O–H groups in total. The summed E-state index contributed by atoms with van der Waals surface area (Å²) in [5.74, 6) is -0.00968. The first kappa shape index (κ1) is 20.2. The number of rotatable bonds is 6. The lowest BCUT2D eigenvalue weighted by atomic mass is 10.1. The van der Waals surface area contributed by atoms with Crippen LogP contribution in [0.3, 0.4) is 0 Å². The molecule has 0 spiro atoms. The zero-order valence-corrected chi connectivity index (χ0v) is 18.1. The van der Waals surface area contributed by atoms with Gasteiger partial charge in [0.15, 0.2) is 0 Å². The SMILES string of the molecule is Cc1ccc(N2CCCC2)c(C(=O)NCc2cccc(Cn3nc(C)cc3C)c2)c1. The predicted molar refractivity (Wildman–Crippen MR) is 121 cm³/mol. The number of amides is 1. The summed E-state index contributed by atoms with van der Waals surface area (Å²) in [7, 11) is 0. The summed E-state index contributed by atoms with van der Waals surface area (Å²) in [4.78, 5) is 15.3. The van der Waals surface area contributed by atoms with Crippen LogP contribution in [0.1, 0.15) is 51.3 Å². The molecule has 1 fully saturated rings. The Morgan fingerprint density at radius 2 is 1.77 bits per heavy atom. The molecule has 0 saturated carbocycles. The molecule has 1 saturated heterocycles. The van der Waals surface area contributed by atoms with Gasteiger partial charge in [-0.3, -0.25) is 9.48 Å². The minimum absolute atomic E-state index is 0.00968. The summed E-state index contributed by atoms with van der Waals surface area (Å²) in [6.07, 6.45) is 2.38. The summed E-state index contributed by atoms with van der Waals surface area (Å²) < 4.78 is 2.02.